The standard InChI is InChI=1S/C21H20F3N3O3/c1-30-12-13-9-26(10-13)20(29)11-27-18-6-15(8-25-17(18)7-19(27)28)14-3-2-4-16(5-14)21(22,23)24/h2-6,8,13H,7,9-12H2,1H3. The predicted octanol–water partition coefficient (Wildman–Crippen LogP) is 2.76. The fraction of sp³-hybridized carbons (Fsp3) is 0.381. The number of likely N-dealkylation sites (tertiary alicyclic amines) is 1. The minimum absolute atomic E-state index is 0.0672. The molecular formula is C21H20F3N3O3. The molecule has 30 heavy (non-hydrogen) atoms. The van der Waals surface area contributed by atoms with Crippen molar-refractivity contribution in [3.63, 3.8) is 0 Å². The maximum absolute atomic E-state index is 13.0. The normalized spacial score (nSPS) is 16.6. The fourth-order valence-electron chi connectivity index (χ4n) is 3.78. The molecule has 1 fully saturated rings. The number of carbonyl (C=O) groups excluding carboxylic acids is 2. The molecule has 0 radical (unpaired) electrons. The largest absolute Gasteiger partial charge is 0.416 e. The van der Waals surface area contributed by atoms with Crippen LogP contribution in [-0.4, -0.2) is 55.0 Å². The van der Waals surface area contributed by atoms with Crippen LogP contribution in [0.15, 0.2) is 36.5 Å². The summed E-state index contributed by atoms with van der Waals surface area (Å²) in [6.07, 6.45) is -2.93. The lowest BCUT2D eigenvalue weighted by Gasteiger charge is -2.39. The van der Waals surface area contributed by atoms with E-state index in [0.717, 1.165) is 12.1 Å². The molecule has 2 amide bonds. The van der Waals surface area contributed by atoms with Crippen LogP contribution in [0.4, 0.5) is 18.9 Å². The minimum atomic E-state index is -4.45. The van der Waals surface area contributed by atoms with Crippen LogP contribution in [0.5, 0.6) is 0 Å². The number of aromatic nitrogens is 1. The number of anilines is 1. The first-order valence-electron chi connectivity index (χ1n) is 9.50. The van der Waals surface area contributed by atoms with Crippen LogP contribution in [0.2, 0.25) is 0 Å². The summed E-state index contributed by atoms with van der Waals surface area (Å²) in [6.45, 7) is 1.65. The third kappa shape index (κ3) is 3.89. The highest BCUT2D eigenvalue weighted by Gasteiger charge is 2.36. The quantitative estimate of drug-likeness (QED) is 0.748. The summed E-state index contributed by atoms with van der Waals surface area (Å²) in [7, 11) is 1.61. The molecule has 0 unspecified atom stereocenters. The van der Waals surface area contributed by atoms with Gasteiger partial charge in [0.05, 0.1) is 30.0 Å². The third-order valence-corrected chi connectivity index (χ3v) is 5.39. The maximum Gasteiger partial charge on any atom is 0.416 e. The third-order valence-electron chi connectivity index (χ3n) is 5.39. The molecule has 9 heteroatoms. The Balaban J connectivity index is 1.54. The highest BCUT2D eigenvalue weighted by Crippen LogP contribution is 2.35. The van der Waals surface area contributed by atoms with E-state index in [0.29, 0.717) is 48.1 Å². The Morgan fingerprint density at radius 2 is 2.00 bits per heavy atom. The van der Waals surface area contributed by atoms with Crippen molar-refractivity contribution in [2.45, 2.75) is 12.6 Å². The zero-order chi connectivity index (χ0) is 21.5. The number of hydrogen-bond donors (Lipinski definition) is 0. The van der Waals surface area contributed by atoms with Crippen LogP contribution < -0.4 is 4.90 Å². The number of ether oxygens (including phenoxy) is 1. The Kier molecular flexibility index (Phi) is 5.23. The molecule has 3 heterocycles. The van der Waals surface area contributed by atoms with Crippen molar-refractivity contribution < 1.29 is 27.5 Å². The lowest BCUT2D eigenvalue weighted by molar-refractivity contribution is -0.138. The van der Waals surface area contributed by atoms with Crippen molar-refractivity contribution in [1.29, 1.82) is 0 Å². The second-order valence-electron chi connectivity index (χ2n) is 7.55. The highest BCUT2D eigenvalue weighted by atomic mass is 19.4. The molecule has 0 bridgehead atoms. The minimum Gasteiger partial charge on any atom is -0.384 e. The van der Waals surface area contributed by atoms with Gasteiger partial charge in [-0.3, -0.25) is 14.6 Å². The number of pyridine rings is 1. The molecule has 2 aliphatic heterocycles. The Bertz CT molecular complexity index is 987. The summed E-state index contributed by atoms with van der Waals surface area (Å²) >= 11 is 0. The molecule has 2 aromatic rings. The average Bonchev–Trinajstić information content (AvgIpc) is 2.98. The van der Waals surface area contributed by atoms with Gasteiger partial charge in [0.15, 0.2) is 0 Å². The number of methoxy groups -OCH3 is 1. The average molecular weight is 419 g/mol. The van der Waals surface area contributed by atoms with E-state index in [4.69, 9.17) is 4.74 Å². The van der Waals surface area contributed by atoms with Gasteiger partial charge in [0.1, 0.15) is 6.54 Å². The molecule has 1 saturated heterocycles. The number of nitrogens with zero attached hydrogens (tertiary/aromatic N) is 3. The van der Waals surface area contributed by atoms with E-state index in [1.54, 1.807) is 24.1 Å². The zero-order valence-corrected chi connectivity index (χ0v) is 16.3. The van der Waals surface area contributed by atoms with Gasteiger partial charge >= 0.3 is 6.18 Å². The second-order valence-corrected chi connectivity index (χ2v) is 7.55. The van der Waals surface area contributed by atoms with Gasteiger partial charge in [-0.2, -0.15) is 13.2 Å². The first kappa shape index (κ1) is 20.3. The summed E-state index contributed by atoms with van der Waals surface area (Å²) in [4.78, 5) is 32.3. The van der Waals surface area contributed by atoms with Crippen molar-refractivity contribution >= 4 is 17.5 Å². The number of benzene rings is 1. The van der Waals surface area contributed by atoms with Crippen LogP contribution in [-0.2, 0) is 26.9 Å². The molecule has 4 rings (SSSR count). The molecule has 158 valence electrons. The summed E-state index contributed by atoms with van der Waals surface area (Å²) in [6, 6.07) is 6.56. The molecule has 2 aliphatic rings. The number of hydrogen-bond acceptors (Lipinski definition) is 4. The van der Waals surface area contributed by atoms with Crippen LogP contribution in [0, 0.1) is 5.92 Å². The number of carbonyl (C=O) groups is 2. The molecule has 1 aromatic heterocycles. The lowest BCUT2D eigenvalue weighted by atomic mass is 10.0. The van der Waals surface area contributed by atoms with Crippen LogP contribution in [0.1, 0.15) is 11.3 Å². The van der Waals surface area contributed by atoms with Gasteiger partial charge in [0.2, 0.25) is 11.8 Å². The van der Waals surface area contributed by atoms with Crippen molar-refractivity contribution in [3.8, 4) is 11.1 Å². The SMILES string of the molecule is COCC1CN(C(=O)CN2C(=O)Cc3ncc(-c4cccc(C(F)(F)F)c4)cc32)C1. The number of halogens is 3. The van der Waals surface area contributed by atoms with E-state index >= 15 is 0 Å². The van der Waals surface area contributed by atoms with E-state index in [9.17, 15) is 22.8 Å². The van der Waals surface area contributed by atoms with Crippen molar-refractivity contribution in [3.05, 3.63) is 47.8 Å². The molecule has 0 aliphatic carbocycles. The Labute approximate surface area is 171 Å². The van der Waals surface area contributed by atoms with E-state index < -0.39 is 11.7 Å². The topological polar surface area (TPSA) is 62.7 Å². The van der Waals surface area contributed by atoms with Crippen molar-refractivity contribution in [2.75, 3.05) is 38.3 Å². The van der Waals surface area contributed by atoms with Crippen molar-refractivity contribution in [1.82, 2.24) is 9.88 Å². The van der Waals surface area contributed by atoms with E-state index in [1.165, 1.54) is 17.2 Å². The fourth-order valence-corrected chi connectivity index (χ4v) is 3.78. The number of rotatable bonds is 5. The maximum atomic E-state index is 13.0. The van der Waals surface area contributed by atoms with Gasteiger partial charge in [-0.1, -0.05) is 12.1 Å². The summed E-state index contributed by atoms with van der Waals surface area (Å²) < 4.78 is 44.2. The molecule has 0 atom stereocenters. The predicted molar refractivity (Wildman–Crippen MR) is 103 cm³/mol. The first-order valence-corrected chi connectivity index (χ1v) is 9.50. The Hall–Kier alpha value is -2.94. The second kappa shape index (κ2) is 7.71. The molecule has 0 N–H and O–H groups in total. The number of amides is 2. The monoisotopic (exact) mass is 419 g/mol. The Morgan fingerprint density at radius 3 is 2.70 bits per heavy atom. The van der Waals surface area contributed by atoms with Gasteiger partial charge in [0.25, 0.3) is 0 Å². The van der Waals surface area contributed by atoms with Crippen LogP contribution in [0.3, 0.4) is 0 Å². The molecule has 6 nitrogen and oxygen atoms in total. The van der Waals surface area contributed by atoms with E-state index in [2.05, 4.69) is 4.98 Å². The molecular weight excluding hydrogens is 399 g/mol. The highest BCUT2D eigenvalue weighted by molar-refractivity contribution is 6.05. The van der Waals surface area contributed by atoms with E-state index in [-0.39, 0.29) is 24.8 Å². The molecule has 0 spiro atoms. The van der Waals surface area contributed by atoms with Crippen LogP contribution in [0.25, 0.3) is 11.1 Å². The van der Waals surface area contributed by atoms with Gasteiger partial charge < -0.3 is 14.5 Å². The lowest BCUT2D eigenvalue weighted by Crippen LogP contribution is -2.54. The molecule has 0 saturated carbocycles. The van der Waals surface area contributed by atoms with Crippen molar-refractivity contribution in [2.24, 2.45) is 5.92 Å². The first-order chi connectivity index (χ1) is 14.3. The summed E-state index contributed by atoms with van der Waals surface area (Å²) in [5.41, 5.74) is 1.03. The van der Waals surface area contributed by atoms with Gasteiger partial charge in [-0.25, -0.2) is 0 Å². The summed E-state index contributed by atoms with van der Waals surface area (Å²) in [5, 5.41) is 0. The number of alkyl halides is 3. The zero-order valence-electron chi connectivity index (χ0n) is 16.3. The number of fused-ring (bicyclic) bond motifs is 1. The van der Waals surface area contributed by atoms with Crippen LogP contribution >= 0.6 is 0 Å². The van der Waals surface area contributed by atoms with Gasteiger partial charge in [-0.05, 0) is 23.8 Å². The van der Waals surface area contributed by atoms with E-state index in [1.807, 2.05) is 0 Å². The van der Waals surface area contributed by atoms with Gasteiger partial charge in [0, 0.05) is 37.9 Å². The molecule has 1 aromatic carbocycles. The summed E-state index contributed by atoms with van der Waals surface area (Å²) in [5.74, 6) is -0.122. The Morgan fingerprint density at radius 1 is 1.23 bits per heavy atom. The smallest absolute Gasteiger partial charge is 0.384 e. The van der Waals surface area contributed by atoms with Gasteiger partial charge in [-0.15, -0.1) is 0 Å².